The average molecular weight is 464 g/mol. The molecule has 0 spiro atoms. The Bertz CT molecular complexity index is 657. The van der Waals surface area contributed by atoms with E-state index in [2.05, 4.69) is 45.2 Å². The van der Waals surface area contributed by atoms with E-state index in [9.17, 15) is 4.79 Å². The van der Waals surface area contributed by atoms with Gasteiger partial charge in [0.2, 0.25) is 0 Å². The van der Waals surface area contributed by atoms with Crippen molar-refractivity contribution in [3.8, 4) is 0 Å². The molecule has 3 fully saturated rings. The van der Waals surface area contributed by atoms with Gasteiger partial charge in [-0.2, -0.15) is 0 Å². The zero-order chi connectivity index (χ0) is 19.7. The third-order valence-corrected chi connectivity index (χ3v) is 7.90. The lowest BCUT2D eigenvalue weighted by Crippen LogP contribution is -3.00. The second-order valence-electron chi connectivity index (χ2n) is 10.3. The molecular formula is C25H38BrNO2. The highest BCUT2D eigenvalue weighted by molar-refractivity contribution is 5.78. The number of ether oxygens (including phenoxy) is 1. The Labute approximate surface area is 187 Å². The summed E-state index contributed by atoms with van der Waals surface area (Å²) in [6.45, 7) is 5.92. The van der Waals surface area contributed by atoms with E-state index < -0.39 is 0 Å². The monoisotopic (exact) mass is 463 g/mol. The molecule has 1 saturated carbocycles. The van der Waals surface area contributed by atoms with Gasteiger partial charge in [-0.3, -0.25) is 4.79 Å². The normalized spacial score (nSPS) is 32.8. The molecule has 4 heteroatoms. The number of halogens is 1. The van der Waals surface area contributed by atoms with E-state index in [1.807, 2.05) is 6.07 Å². The Balaban J connectivity index is 0.00000240. The van der Waals surface area contributed by atoms with E-state index in [0.29, 0.717) is 18.0 Å². The summed E-state index contributed by atoms with van der Waals surface area (Å²) in [5.74, 6) is 1.15. The van der Waals surface area contributed by atoms with Crippen LogP contribution in [0.3, 0.4) is 0 Å². The first-order chi connectivity index (χ1) is 13.5. The third kappa shape index (κ3) is 4.74. The molecule has 1 aliphatic carbocycles. The largest absolute Gasteiger partial charge is 1.00 e. The quantitative estimate of drug-likeness (QED) is 0.477. The van der Waals surface area contributed by atoms with E-state index in [1.54, 1.807) is 0 Å². The zero-order valence-corrected chi connectivity index (χ0v) is 19.9. The lowest BCUT2D eigenvalue weighted by molar-refractivity contribution is -0.951. The van der Waals surface area contributed by atoms with Crippen LogP contribution in [0, 0.1) is 11.8 Å². The summed E-state index contributed by atoms with van der Waals surface area (Å²) in [7, 11) is 2.45. The second kappa shape index (κ2) is 9.51. The average Bonchev–Trinajstić information content (AvgIpc) is 3.19. The van der Waals surface area contributed by atoms with Crippen molar-refractivity contribution in [3.63, 3.8) is 0 Å². The molecule has 2 saturated heterocycles. The highest BCUT2D eigenvalue weighted by atomic mass is 79.9. The fourth-order valence-corrected chi connectivity index (χ4v) is 6.66. The fourth-order valence-electron chi connectivity index (χ4n) is 6.66. The number of esters is 1. The Hall–Kier alpha value is -0.870. The van der Waals surface area contributed by atoms with Crippen LogP contribution in [0.4, 0.5) is 0 Å². The molecule has 162 valence electrons. The molecule has 2 heterocycles. The molecular weight excluding hydrogens is 426 g/mol. The molecule has 0 N–H and O–H groups in total. The number of carbonyl (C=O) groups excluding carboxylic acids is 1. The second-order valence-corrected chi connectivity index (χ2v) is 10.3. The number of hydrogen-bond acceptors (Lipinski definition) is 2. The lowest BCUT2D eigenvalue weighted by atomic mass is 9.84. The summed E-state index contributed by atoms with van der Waals surface area (Å²) in [4.78, 5) is 13.3. The number of piperidine rings is 1. The maximum Gasteiger partial charge on any atom is 0.313 e. The van der Waals surface area contributed by atoms with Gasteiger partial charge in [-0.1, -0.05) is 57.0 Å². The maximum absolute atomic E-state index is 13.3. The van der Waals surface area contributed by atoms with Gasteiger partial charge in [0.1, 0.15) is 6.10 Å². The van der Waals surface area contributed by atoms with Crippen LogP contribution in [-0.2, 0) is 9.53 Å². The van der Waals surface area contributed by atoms with E-state index in [4.69, 9.17) is 4.74 Å². The van der Waals surface area contributed by atoms with Gasteiger partial charge in [-0.05, 0) is 24.3 Å². The Morgan fingerprint density at radius 2 is 1.62 bits per heavy atom. The Morgan fingerprint density at radius 3 is 2.17 bits per heavy atom. The van der Waals surface area contributed by atoms with E-state index >= 15 is 0 Å². The minimum atomic E-state index is -0.0696. The smallest absolute Gasteiger partial charge is 0.313 e. The lowest BCUT2D eigenvalue weighted by Gasteiger charge is -2.48. The van der Waals surface area contributed by atoms with Crippen molar-refractivity contribution >= 4 is 5.97 Å². The zero-order valence-electron chi connectivity index (χ0n) is 18.4. The highest BCUT2D eigenvalue weighted by Crippen LogP contribution is 2.44. The molecule has 3 unspecified atom stereocenters. The van der Waals surface area contributed by atoms with Crippen molar-refractivity contribution in [2.24, 2.45) is 11.8 Å². The van der Waals surface area contributed by atoms with E-state index in [1.165, 1.54) is 36.7 Å². The summed E-state index contributed by atoms with van der Waals surface area (Å²) < 4.78 is 7.46. The maximum atomic E-state index is 13.3. The van der Waals surface area contributed by atoms with Crippen molar-refractivity contribution in [2.75, 3.05) is 13.6 Å². The first-order valence-corrected chi connectivity index (χ1v) is 11.6. The van der Waals surface area contributed by atoms with Crippen LogP contribution in [-0.4, -0.2) is 42.2 Å². The van der Waals surface area contributed by atoms with Gasteiger partial charge in [0.25, 0.3) is 0 Å². The summed E-state index contributed by atoms with van der Waals surface area (Å²) >= 11 is 0. The first kappa shape index (κ1) is 22.8. The van der Waals surface area contributed by atoms with Gasteiger partial charge >= 0.3 is 5.97 Å². The molecule has 29 heavy (non-hydrogen) atoms. The van der Waals surface area contributed by atoms with Crippen molar-refractivity contribution in [1.29, 1.82) is 0 Å². The number of rotatable bonds is 6. The van der Waals surface area contributed by atoms with Crippen LogP contribution in [0.25, 0.3) is 0 Å². The Kier molecular flexibility index (Phi) is 7.48. The van der Waals surface area contributed by atoms with Crippen molar-refractivity contribution in [3.05, 3.63) is 35.9 Å². The molecule has 1 aromatic rings. The highest BCUT2D eigenvalue weighted by Gasteiger charge is 2.52. The number of nitrogens with zero attached hydrogens (tertiary/aromatic N) is 1. The minimum Gasteiger partial charge on any atom is -1.00 e. The molecule has 0 amide bonds. The topological polar surface area (TPSA) is 26.3 Å². The van der Waals surface area contributed by atoms with Gasteiger partial charge in [0.15, 0.2) is 0 Å². The molecule has 3 aliphatic rings. The van der Waals surface area contributed by atoms with Crippen LogP contribution in [0.15, 0.2) is 30.3 Å². The predicted molar refractivity (Wildman–Crippen MR) is 113 cm³/mol. The third-order valence-electron chi connectivity index (χ3n) is 7.90. The van der Waals surface area contributed by atoms with E-state index in [0.717, 1.165) is 37.2 Å². The first-order valence-electron chi connectivity index (χ1n) is 11.6. The summed E-state index contributed by atoms with van der Waals surface area (Å²) in [5.41, 5.74) is 1.15. The molecule has 1 aromatic carbocycles. The van der Waals surface area contributed by atoms with E-state index in [-0.39, 0.29) is 35.0 Å². The summed E-state index contributed by atoms with van der Waals surface area (Å²) in [6.07, 6.45) is 9.65. The molecule has 4 rings (SSSR count). The minimum absolute atomic E-state index is 0. The van der Waals surface area contributed by atoms with Gasteiger partial charge < -0.3 is 26.2 Å². The van der Waals surface area contributed by atoms with Crippen LogP contribution in [0.1, 0.15) is 76.7 Å². The number of quaternary nitrogens is 1. The predicted octanol–water partition coefficient (Wildman–Crippen LogP) is 2.30. The van der Waals surface area contributed by atoms with Crippen LogP contribution in [0.2, 0.25) is 0 Å². The van der Waals surface area contributed by atoms with Crippen molar-refractivity contribution < 1.29 is 31.0 Å². The number of fused-ring (bicyclic) bond motifs is 2. The van der Waals surface area contributed by atoms with Crippen molar-refractivity contribution in [2.45, 2.75) is 89.3 Å². The number of hydrogen-bond donors (Lipinski definition) is 0. The summed E-state index contributed by atoms with van der Waals surface area (Å²) in [6, 6.07) is 11.7. The van der Waals surface area contributed by atoms with Gasteiger partial charge in [0.05, 0.1) is 31.6 Å². The summed E-state index contributed by atoms with van der Waals surface area (Å²) in [5, 5.41) is 0. The van der Waals surface area contributed by atoms with Crippen molar-refractivity contribution in [1.82, 2.24) is 0 Å². The molecule has 0 aromatic heterocycles. The van der Waals surface area contributed by atoms with Crippen LogP contribution in [0.5, 0.6) is 0 Å². The SMILES string of the molecule is CC(C)C[N+]1(C)[C@@H]2CC[C@H]1CC(OC(=O)C(c1ccccc1)C1CCCC1)C2.[Br-]. The molecule has 3 nitrogen and oxygen atoms in total. The number of benzene rings is 1. The van der Waals surface area contributed by atoms with Gasteiger partial charge in [-0.25, -0.2) is 0 Å². The van der Waals surface area contributed by atoms with Crippen LogP contribution < -0.4 is 17.0 Å². The number of carbonyl (C=O) groups is 1. The molecule has 5 atom stereocenters. The Morgan fingerprint density at radius 1 is 1.03 bits per heavy atom. The van der Waals surface area contributed by atoms with Crippen LogP contribution >= 0.6 is 0 Å². The fraction of sp³-hybridized carbons (Fsp3) is 0.720. The molecule has 2 bridgehead atoms. The molecule has 0 radical (unpaired) electrons. The van der Waals surface area contributed by atoms with Gasteiger partial charge in [-0.15, -0.1) is 0 Å². The standard InChI is InChI=1S/C25H38NO2.BrH/c1-18(2)17-26(3)21-13-14-22(26)16-23(15-21)28-25(27)24(20-11-7-8-12-20)19-9-5-4-6-10-19;/h4-6,9-10,18,20-24H,7-8,11-17H2,1-3H3;1H/q+1;/p-1/t21-,22+,23?,24?,26?;. The molecule has 2 aliphatic heterocycles. The van der Waals surface area contributed by atoms with Gasteiger partial charge in [0, 0.05) is 31.6 Å².